The minimum absolute atomic E-state index is 0.281. The molecule has 136 valence electrons. The maximum Gasteiger partial charge on any atom is 0.227 e. The zero-order valence-electron chi connectivity index (χ0n) is 14.6. The van der Waals surface area contributed by atoms with Gasteiger partial charge >= 0.3 is 0 Å². The van der Waals surface area contributed by atoms with E-state index >= 15 is 0 Å². The van der Waals surface area contributed by atoms with Gasteiger partial charge in [0.05, 0.1) is 16.3 Å². The first-order chi connectivity index (χ1) is 12.7. The molecule has 2 heterocycles. The second-order valence-corrected chi connectivity index (χ2v) is 6.60. The maximum absolute atomic E-state index is 13.0. The van der Waals surface area contributed by atoms with Crippen LogP contribution in [-0.4, -0.2) is 35.2 Å². The van der Waals surface area contributed by atoms with Crippen LogP contribution in [0, 0.1) is 12.7 Å². The Bertz CT molecular complexity index is 853. The smallest absolute Gasteiger partial charge is 0.227 e. The van der Waals surface area contributed by atoms with Gasteiger partial charge in [-0.2, -0.15) is 0 Å². The van der Waals surface area contributed by atoms with Crippen molar-refractivity contribution in [3.8, 4) is 10.6 Å². The number of halogens is 1. The number of ether oxygens (including phenoxy) is 1. The van der Waals surface area contributed by atoms with Crippen LogP contribution in [0.25, 0.3) is 10.6 Å². The fourth-order valence-electron chi connectivity index (χ4n) is 2.33. The summed E-state index contributed by atoms with van der Waals surface area (Å²) in [5.41, 5.74) is 2.44. The average Bonchev–Trinajstić information content (AvgIpc) is 3.02. The van der Waals surface area contributed by atoms with E-state index in [1.807, 2.05) is 13.0 Å². The van der Waals surface area contributed by atoms with Gasteiger partial charge in [-0.3, -0.25) is 0 Å². The van der Waals surface area contributed by atoms with Crippen molar-refractivity contribution in [3.63, 3.8) is 0 Å². The van der Waals surface area contributed by atoms with E-state index < -0.39 is 0 Å². The lowest BCUT2D eigenvalue weighted by Gasteiger charge is -2.06. The van der Waals surface area contributed by atoms with Crippen LogP contribution in [-0.2, 0) is 4.74 Å². The van der Waals surface area contributed by atoms with E-state index in [1.54, 1.807) is 36.8 Å². The fraction of sp³-hybridized carbons (Fsp3) is 0.278. The van der Waals surface area contributed by atoms with Crippen molar-refractivity contribution >= 4 is 28.1 Å². The molecule has 0 aliphatic carbocycles. The van der Waals surface area contributed by atoms with Crippen LogP contribution in [0.3, 0.4) is 0 Å². The lowest BCUT2D eigenvalue weighted by Crippen LogP contribution is -2.04. The highest BCUT2D eigenvalue weighted by Crippen LogP contribution is 2.32. The molecule has 1 aromatic carbocycles. The van der Waals surface area contributed by atoms with E-state index in [9.17, 15) is 4.39 Å². The van der Waals surface area contributed by atoms with Crippen LogP contribution >= 0.6 is 11.3 Å². The topological polar surface area (TPSA) is 72.0 Å². The van der Waals surface area contributed by atoms with Crippen LogP contribution in [0.5, 0.6) is 0 Å². The van der Waals surface area contributed by atoms with Crippen molar-refractivity contribution in [1.82, 2.24) is 15.0 Å². The number of nitrogens with one attached hydrogen (secondary N) is 2. The van der Waals surface area contributed by atoms with E-state index in [1.165, 1.54) is 12.1 Å². The molecule has 0 radical (unpaired) electrons. The monoisotopic (exact) mass is 373 g/mol. The van der Waals surface area contributed by atoms with E-state index in [4.69, 9.17) is 4.74 Å². The van der Waals surface area contributed by atoms with E-state index in [0.717, 1.165) is 40.0 Å². The van der Waals surface area contributed by atoms with Crippen LogP contribution in [0.15, 0.2) is 36.5 Å². The molecule has 3 rings (SSSR count). The predicted molar refractivity (Wildman–Crippen MR) is 103 cm³/mol. The fourth-order valence-corrected chi connectivity index (χ4v) is 3.29. The number of hydrogen-bond acceptors (Lipinski definition) is 7. The SMILES string of the molecule is COCCCNc1nc(C)c(-c2ccnc(Nc3ccc(F)cc3)n2)s1. The van der Waals surface area contributed by atoms with E-state index in [-0.39, 0.29) is 5.82 Å². The molecule has 0 aliphatic heterocycles. The molecule has 2 aromatic heterocycles. The first-order valence-corrected chi connectivity index (χ1v) is 9.03. The van der Waals surface area contributed by atoms with Gasteiger partial charge in [-0.1, -0.05) is 11.3 Å². The summed E-state index contributed by atoms with van der Waals surface area (Å²) in [7, 11) is 1.69. The molecular weight excluding hydrogens is 353 g/mol. The number of benzene rings is 1. The second kappa shape index (κ2) is 8.68. The maximum atomic E-state index is 13.0. The largest absolute Gasteiger partial charge is 0.385 e. The molecule has 26 heavy (non-hydrogen) atoms. The number of rotatable bonds is 8. The standard InChI is InChI=1S/C18H20FN5OS/c1-12-16(26-18(22-12)21-9-3-11-25-2)15-8-10-20-17(24-15)23-14-6-4-13(19)5-7-14/h4-8,10H,3,9,11H2,1-2H3,(H,21,22)(H,20,23,24). The third-order valence-corrected chi connectivity index (χ3v) is 4.72. The number of aryl methyl sites for hydroxylation is 1. The Morgan fingerprint density at radius 3 is 2.73 bits per heavy atom. The summed E-state index contributed by atoms with van der Waals surface area (Å²) in [5, 5.41) is 7.25. The number of thiazole rings is 1. The van der Waals surface area contributed by atoms with Crippen LogP contribution in [0.1, 0.15) is 12.1 Å². The first-order valence-electron chi connectivity index (χ1n) is 8.22. The van der Waals surface area contributed by atoms with Crippen molar-refractivity contribution in [3.05, 3.63) is 48.0 Å². The molecule has 0 atom stereocenters. The molecule has 8 heteroatoms. The van der Waals surface area contributed by atoms with Gasteiger partial charge in [-0.25, -0.2) is 19.3 Å². The normalized spacial score (nSPS) is 10.7. The van der Waals surface area contributed by atoms with Gasteiger partial charge in [0.15, 0.2) is 5.13 Å². The molecule has 6 nitrogen and oxygen atoms in total. The van der Waals surface area contributed by atoms with Crippen molar-refractivity contribution in [2.24, 2.45) is 0 Å². The summed E-state index contributed by atoms with van der Waals surface area (Å²) in [4.78, 5) is 14.3. The summed E-state index contributed by atoms with van der Waals surface area (Å²) < 4.78 is 18.1. The van der Waals surface area contributed by atoms with Gasteiger partial charge < -0.3 is 15.4 Å². The minimum Gasteiger partial charge on any atom is -0.385 e. The van der Waals surface area contributed by atoms with Crippen LogP contribution < -0.4 is 10.6 Å². The number of anilines is 3. The third kappa shape index (κ3) is 4.74. The van der Waals surface area contributed by atoms with Gasteiger partial charge in [0.25, 0.3) is 0 Å². The molecular formula is C18H20FN5OS. The molecule has 2 N–H and O–H groups in total. The van der Waals surface area contributed by atoms with E-state index in [2.05, 4.69) is 25.6 Å². The Labute approximate surface area is 155 Å². The molecule has 0 aliphatic rings. The molecule has 0 amide bonds. The molecule has 0 bridgehead atoms. The third-order valence-electron chi connectivity index (χ3n) is 3.59. The highest BCUT2D eigenvalue weighted by atomic mass is 32.1. The van der Waals surface area contributed by atoms with Crippen molar-refractivity contribution in [1.29, 1.82) is 0 Å². The number of methoxy groups -OCH3 is 1. The van der Waals surface area contributed by atoms with Crippen molar-refractivity contribution < 1.29 is 9.13 Å². The molecule has 0 saturated heterocycles. The zero-order chi connectivity index (χ0) is 18.4. The van der Waals surface area contributed by atoms with Gasteiger partial charge in [-0.15, -0.1) is 0 Å². The molecule has 3 aromatic rings. The Hall–Kier alpha value is -2.58. The summed E-state index contributed by atoms with van der Waals surface area (Å²) in [6.45, 7) is 3.48. The first kappa shape index (κ1) is 18.2. The minimum atomic E-state index is -0.281. The lowest BCUT2D eigenvalue weighted by atomic mass is 10.3. The van der Waals surface area contributed by atoms with Gasteiger partial charge in [0.1, 0.15) is 5.82 Å². The lowest BCUT2D eigenvalue weighted by molar-refractivity contribution is 0.198. The molecule has 0 spiro atoms. The number of aromatic nitrogens is 3. The summed E-state index contributed by atoms with van der Waals surface area (Å²) >= 11 is 1.56. The number of hydrogen-bond donors (Lipinski definition) is 2. The van der Waals surface area contributed by atoms with Crippen molar-refractivity contribution in [2.45, 2.75) is 13.3 Å². The quantitative estimate of drug-likeness (QED) is 0.576. The second-order valence-electron chi connectivity index (χ2n) is 5.60. The van der Waals surface area contributed by atoms with Gasteiger partial charge in [0.2, 0.25) is 5.95 Å². The molecule has 0 fully saturated rings. The average molecular weight is 373 g/mol. The Morgan fingerprint density at radius 1 is 1.15 bits per heavy atom. The highest BCUT2D eigenvalue weighted by molar-refractivity contribution is 7.19. The molecule has 0 unspecified atom stereocenters. The number of nitrogens with zero attached hydrogens (tertiary/aromatic N) is 3. The van der Waals surface area contributed by atoms with Crippen molar-refractivity contribution in [2.75, 3.05) is 30.9 Å². The predicted octanol–water partition coefficient (Wildman–Crippen LogP) is 4.24. The van der Waals surface area contributed by atoms with E-state index in [0.29, 0.717) is 12.6 Å². The van der Waals surface area contributed by atoms with Gasteiger partial charge in [0, 0.05) is 32.1 Å². The summed E-state index contributed by atoms with van der Waals surface area (Å²) in [5.74, 6) is 0.174. The Balaban J connectivity index is 1.73. The van der Waals surface area contributed by atoms with Gasteiger partial charge in [-0.05, 0) is 43.7 Å². The molecule has 0 saturated carbocycles. The Kier molecular flexibility index (Phi) is 6.08. The zero-order valence-corrected chi connectivity index (χ0v) is 15.4. The van der Waals surface area contributed by atoms with Crippen LogP contribution in [0.4, 0.5) is 21.2 Å². The summed E-state index contributed by atoms with van der Waals surface area (Å²) in [6, 6.07) is 7.92. The highest BCUT2D eigenvalue weighted by Gasteiger charge is 2.12. The summed E-state index contributed by atoms with van der Waals surface area (Å²) in [6.07, 6.45) is 2.61. The Morgan fingerprint density at radius 2 is 1.96 bits per heavy atom. The van der Waals surface area contributed by atoms with Crippen LogP contribution in [0.2, 0.25) is 0 Å².